The van der Waals surface area contributed by atoms with Gasteiger partial charge in [-0.2, -0.15) is 0 Å². The lowest BCUT2D eigenvalue weighted by atomic mass is 9.69. The van der Waals surface area contributed by atoms with Crippen molar-refractivity contribution in [2.75, 3.05) is 28.4 Å². The van der Waals surface area contributed by atoms with E-state index >= 15 is 0 Å². The van der Waals surface area contributed by atoms with Crippen LogP contribution in [-0.4, -0.2) is 34.2 Å². The SMILES string of the molecule is COc1cc(OC)c2c(c1)C(C)(C)C(c1ccc(OC)c(OC)c1)CCC2=O. The van der Waals surface area contributed by atoms with Gasteiger partial charge in [0.15, 0.2) is 17.3 Å². The molecule has 28 heavy (non-hydrogen) atoms. The molecule has 0 amide bonds. The number of Topliss-reactive ketones (excluding diaryl/α,β-unsaturated/α-hetero) is 1. The van der Waals surface area contributed by atoms with Crippen LogP contribution in [0.15, 0.2) is 30.3 Å². The number of carbonyl (C=O) groups is 1. The second-order valence-electron chi connectivity index (χ2n) is 7.60. The average molecular weight is 384 g/mol. The van der Waals surface area contributed by atoms with Gasteiger partial charge in [-0.25, -0.2) is 0 Å². The standard InChI is InChI=1S/C23H28O5/c1-23(2)16(14-7-10-19(26-4)20(11-14)27-5)8-9-18(24)22-17(23)12-15(25-3)13-21(22)28-6/h7,10-13,16H,8-9H2,1-6H3. The van der Waals surface area contributed by atoms with Gasteiger partial charge in [-0.05, 0) is 47.1 Å². The van der Waals surface area contributed by atoms with Crippen molar-refractivity contribution in [2.45, 2.75) is 38.0 Å². The molecule has 0 radical (unpaired) electrons. The van der Waals surface area contributed by atoms with E-state index in [1.165, 1.54) is 0 Å². The molecule has 1 unspecified atom stereocenters. The van der Waals surface area contributed by atoms with E-state index in [0.717, 1.165) is 17.5 Å². The van der Waals surface area contributed by atoms with Crippen LogP contribution in [0, 0.1) is 0 Å². The van der Waals surface area contributed by atoms with Crippen LogP contribution in [0.3, 0.4) is 0 Å². The highest BCUT2D eigenvalue weighted by Gasteiger charge is 2.40. The van der Waals surface area contributed by atoms with Crippen molar-refractivity contribution in [2.24, 2.45) is 0 Å². The van der Waals surface area contributed by atoms with E-state index in [1.807, 2.05) is 18.2 Å². The Hall–Kier alpha value is -2.69. The number of methoxy groups -OCH3 is 4. The molecule has 0 saturated heterocycles. The van der Waals surface area contributed by atoms with Crippen molar-refractivity contribution in [3.8, 4) is 23.0 Å². The molecule has 5 nitrogen and oxygen atoms in total. The first-order valence-electron chi connectivity index (χ1n) is 9.39. The Labute approximate surface area is 166 Å². The van der Waals surface area contributed by atoms with Crippen molar-refractivity contribution < 1.29 is 23.7 Å². The van der Waals surface area contributed by atoms with Gasteiger partial charge < -0.3 is 18.9 Å². The van der Waals surface area contributed by atoms with Gasteiger partial charge in [0.25, 0.3) is 0 Å². The predicted octanol–water partition coefficient (Wildman–Crippen LogP) is 4.76. The van der Waals surface area contributed by atoms with Gasteiger partial charge in [0, 0.05) is 12.5 Å². The number of carbonyl (C=O) groups excluding carboxylic acids is 1. The van der Waals surface area contributed by atoms with Crippen molar-refractivity contribution >= 4 is 5.78 Å². The molecular formula is C23H28O5. The third-order valence-corrected chi connectivity index (χ3v) is 5.85. The molecule has 150 valence electrons. The summed E-state index contributed by atoms with van der Waals surface area (Å²) in [6.07, 6.45) is 1.19. The molecule has 0 aromatic heterocycles. The van der Waals surface area contributed by atoms with Gasteiger partial charge >= 0.3 is 0 Å². The summed E-state index contributed by atoms with van der Waals surface area (Å²) >= 11 is 0. The maximum absolute atomic E-state index is 13.0. The van der Waals surface area contributed by atoms with Crippen LogP contribution in [0.25, 0.3) is 0 Å². The summed E-state index contributed by atoms with van der Waals surface area (Å²) in [5.41, 5.74) is 2.41. The van der Waals surface area contributed by atoms with Crippen LogP contribution >= 0.6 is 0 Å². The lowest BCUT2D eigenvalue weighted by Gasteiger charge is -2.35. The topological polar surface area (TPSA) is 54.0 Å². The zero-order chi connectivity index (χ0) is 20.5. The molecular weight excluding hydrogens is 356 g/mol. The van der Waals surface area contributed by atoms with E-state index in [2.05, 4.69) is 19.9 Å². The maximum atomic E-state index is 13.0. The van der Waals surface area contributed by atoms with Crippen LogP contribution < -0.4 is 18.9 Å². The number of ketones is 1. The van der Waals surface area contributed by atoms with Crippen LogP contribution in [0.2, 0.25) is 0 Å². The fourth-order valence-electron chi connectivity index (χ4n) is 4.27. The highest BCUT2D eigenvalue weighted by atomic mass is 16.5. The summed E-state index contributed by atoms with van der Waals surface area (Å²) < 4.78 is 21.9. The number of hydrogen-bond donors (Lipinski definition) is 0. The van der Waals surface area contributed by atoms with Crippen molar-refractivity contribution in [3.63, 3.8) is 0 Å². The molecule has 0 heterocycles. The van der Waals surface area contributed by atoms with E-state index in [0.29, 0.717) is 35.0 Å². The first-order valence-corrected chi connectivity index (χ1v) is 9.39. The first-order chi connectivity index (χ1) is 13.4. The Balaban J connectivity index is 2.19. The first kappa shape index (κ1) is 20.1. The van der Waals surface area contributed by atoms with Gasteiger partial charge in [0.05, 0.1) is 34.0 Å². The Kier molecular flexibility index (Phi) is 5.54. The third-order valence-electron chi connectivity index (χ3n) is 5.85. The second kappa shape index (κ2) is 7.74. The lowest BCUT2D eigenvalue weighted by Crippen LogP contribution is -2.27. The molecule has 2 aromatic rings. The normalized spacial score (nSPS) is 18.1. The third kappa shape index (κ3) is 3.30. The summed E-state index contributed by atoms with van der Waals surface area (Å²) in [5, 5.41) is 0. The predicted molar refractivity (Wildman–Crippen MR) is 108 cm³/mol. The Morgan fingerprint density at radius 2 is 1.54 bits per heavy atom. The minimum atomic E-state index is -0.317. The minimum absolute atomic E-state index is 0.102. The molecule has 2 aromatic carbocycles. The van der Waals surface area contributed by atoms with Crippen LogP contribution in [0.4, 0.5) is 0 Å². The highest BCUT2D eigenvalue weighted by molar-refractivity contribution is 6.01. The van der Waals surface area contributed by atoms with Gasteiger partial charge in [0.2, 0.25) is 0 Å². The van der Waals surface area contributed by atoms with E-state index in [-0.39, 0.29) is 17.1 Å². The number of fused-ring (bicyclic) bond motifs is 1. The van der Waals surface area contributed by atoms with Gasteiger partial charge in [-0.15, -0.1) is 0 Å². The maximum Gasteiger partial charge on any atom is 0.166 e. The van der Waals surface area contributed by atoms with E-state index < -0.39 is 0 Å². The van der Waals surface area contributed by atoms with Crippen molar-refractivity contribution in [1.82, 2.24) is 0 Å². The fraction of sp³-hybridized carbons (Fsp3) is 0.435. The largest absolute Gasteiger partial charge is 0.497 e. The van der Waals surface area contributed by atoms with E-state index in [1.54, 1.807) is 34.5 Å². The summed E-state index contributed by atoms with van der Waals surface area (Å²) in [6, 6.07) is 9.74. The Morgan fingerprint density at radius 1 is 0.857 bits per heavy atom. The fourth-order valence-corrected chi connectivity index (χ4v) is 4.27. The lowest BCUT2D eigenvalue weighted by molar-refractivity contribution is 0.0977. The van der Waals surface area contributed by atoms with E-state index in [4.69, 9.17) is 18.9 Å². The van der Waals surface area contributed by atoms with E-state index in [9.17, 15) is 4.79 Å². The Bertz CT molecular complexity index is 885. The van der Waals surface area contributed by atoms with Crippen molar-refractivity contribution in [1.29, 1.82) is 0 Å². The average Bonchev–Trinajstić information content (AvgIpc) is 2.81. The molecule has 5 heteroatoms. The van der Waals surface area contributed by atoms with Crippen molar-refractivity contribution in [3.05, 3.63) is 47.0 Å². The second-order valence-corrected chi connectivity index (χ2v) is 7.60. The summed E-state index contributed by atoms with van der Waals surface area (Å²) in [7, 11) is 6.47. The molecule has 0 aliphatic heterocycles. The minimum Gasteiger partial charge on any atom is -0.497 e. The van der Waals surface area contributed by atoms with Gasteiger partial charge in [0.1, 0.15) is 11.5 Å². The number of benzene rings is 2. The van der Waals surface area contributed by atoms with Crippen LogP contribution in [0.1, 0.15) is 54.1 Å². The molecule has 1 atom stereocenters. The van der Waals surface area contributed by atoms with Gasteiger partial charge in [-0.1, -0.05) is 19.9 Å². The molecule has 1 aliphatic rings. The van der Waals surface area contributed by atoms with Gasteiger partial charge in [-0.3, -0.25) is 4.79 Å². The molecule has 0 bridgehead atoms. The summed E-state index contributed by atoms with van der Waals surface area (Å²) in [4.78, 5) is 13.0. The molecule has 0 saturated carbocycles. The zero-order valence-corrected chi connectivity index (χ0v) is 17.4. The molecule has 0 spiro atoms. The number of rotatable bonds is 5. The quantitative estimate of drug-likeness (QED) is 0.696. The molecule has 3 rings (SSSR count). The zero-order valence-electron chi connectivity index (χ0n) is 17.4. The molecule has 1 aliphatic carbocycles. The summed E-state index contributed by atoms with van der Waals surface area (Å²) in [6.45, 7) is 4.34. The number of ether oxygens (including phenoxy) is 4. The summed E-state index contributed by atoms with van der Waals surface area (Å²) in [5.74, 6) is 2.86. The molecule has 0 N–H and O–H groups in total. The molecule has 0 fully saturated rings. The smallest absolute Gasteiger partial charge is 0.166 e. The van der Waals surface area contributed by atoms with Crippen LogP contribution in [-0.2, 0) is 5.41 Å². The Morgan fingerprint density at radius 3 is 2.14 bits per heavy atom. The number of hydrogen-bond acceptors (Lipinski definition) is 5. The monoisotopic (exact) mass is 384 g/mol. The highest BCUT2D eigenvalue weighted by Crippen LogP contribution is 2.49. The van der Waals surface area contributed by atoms with Crippen LogP contribution in [0.5, 0.6) is 23.0 Å².